The molecule has 0 aromatic rings. The standard InChI is InChI=1S/C15H29N3O2.ClH/c1-11(2)10-14(19)17-8-7-15(20)18-9-5-4-6-13(18)12(3)16;/h11-13H,4-10,16H2,1-3H3,(H,17,19);1H. The van der Waals surface area contributed by atoms with Gasteiger partial charge in [-0.3, -0.25) is 9.59 Å². The second kappa shape index (κ2) is 10.0. The van der Waals surface area contributed by atoms with Crippen molar-refractivity contribution in [3.05, 3.63) is 0 Å². The van der Waals surface area contributed by atoms with Crippen LogP contribution in [0, 0.1) is 5.92 Å². The Morgan fingerprint density at radius 3 is 2.52 bits per heavy atom. The molecule has 5 nitrogen and oxygen atoms in total. The van der Waals surface area contributed by atoms with Crippen LogP contribution in [-0.4, -0.2) is 41.9 Å². The molecule has 2 unspecified atom stereocenters. The summed E-state index contributed by atoms with van der Waals surface area (Å²) in [6.07, 6.45) is 4.06. The summed E-state index contributed by atoms with van der Waals surface area (Å²) in [6.45, 7) is 7.19. The number of likely N-dealkylation sites (tertiary alicyclic amines) is 1. The summed E-state index contributed by atoms with van der Waals surface area (Å²) in [4.78, 5) is 25.7. The van der Waals surface area contributed by atoms with E-state index < -0.39 is 0 Å². The zero-order chi connectivity index (χ0) is 15.1. The molecule has 1 heterocycles. The molecule has 0 saturated carbocycles. The van der Waals surface area contributed by atoms with Gasteiger partial charge in [-0.1, -0.05) is 13.8 Å². The van der Waals surface area contributed by atoms with E-state index in [2.05, 4.69) is 5.32 Å². The number of hydrogen-bond donors (Lipinski definition) is 2. The number of hydrogen-bond acceptors (Lipinski definition) is 3. The monoisotopic (exact) mass is 319 g/mol. The van der Waals surface area contributed by atoms with Crippen LogP contribution in [-0.2, 0) is 9.59 Å². The summed E-state index contributed by atoms with van der Waals surface area (Å²) in [5.41, 5.74) is 5.96. The van der Waals surface area contributed by atoms with E-state index in [-0.39, 0.29) is 36.3 Å². The Kier molecular flexibility index (Phi) is 9.62. The maximum atomic E-state index is 12.2. The Morgan fingerprint density at radius 2 is 1.95 bits per heavy atom. The van der Waals surface area contributed by atoms with Gasteiger partial charge in [-0.15, -0.1) is 12.4 Å². The summed E-state index contributed by atoms with van der Waals surface area (Å²) in [5.74, 6) is 0.474. The quantitative estimate of drug-likeness (QED) is 0.782. The van der Waals surface area contributed by atoms with Crippen LogP contribution in [0.25, 0.3) is 0 Å². The predicted molar refractivity (Wildman–Crippen MR) is 87.3 cm³/mol. The van der Waals surface area contributed by atoms with E-state index in [1.165, 1.54) is 0 Å². The van der Waals surface area contributed by atoms with Crippen molar-refractivity contribution in [1.29, 1.82) is 0 Å². The molecule has 1 aliphatic rings. The van der Waals surface area contributed by atoms with Crippen LogP contribution in [0.5, 0.6) is 0 Å². The number of nitrogens with two attached hydrogens (primary N) is 1. The fraction of sp³-hybridized carbons (Fsp3) is 0.867. The Balaban J connectivity index is 0.00000400. The highest BCUT2D eigenvalue weighted by Crippen LogP contribution is 2.19. The van der Waals surface area contributed by atoms with Crippen LogP contribution < -0.4 is 11.1 Å². The number of amides is 2. The van der Waals surface area contributed by atoms with Gasteiger partial charge in [0.05, 0.1) is 0 Å². The number of carbonyl (C=O) groups is 2. The highest BCUT2D eigenvalue weighted by atomic mass is 35.5. The van der Waals surface area contributed by atoms with Crippen LogP contribution in [0.2, 0.25) is 0 Å². The SMILES string of the molecule is CC(C)CC(=O)NCCC(=O)N1CCCCC1C(C)N.Cl. The van der Waals surface area contributed by atoms with E-state index in [1.807, 2.05) is 25.7 Å². The molecule has 0 spiro atoms. The van der Waals surface area contributed by atoms with Crippen LogP contribution in [0.15, 0.2) is 0 Å². The third-order valence-electron chi connectivity index (χ3n) is 3.73. The van der Waals surface area contributed by atoms with Gasteiger partial charge in [0.2, 0.25) is 11.8 Å². The molecule has 0 radical (unpaired) electrons. The number of piperidine rings is 1. The first kappa shape index (κ1) is 20.2. The van der Waals surface area contributed by atoms with E-state index in [4.69, 9.17) is 5.73 Å². The first-order valence-electron chi connectivity index (χ1n) is 7.73. The molecule has 0 bridgehead atoms. The molecule has 6 heteroatoms. The normalized spacial score (nSPS) is 19.9. The molecule has 124 valence electrons. The maximum Gasteiger partial charge on any atom is 0.224 e. The van der Waals surface area contributed by atoms with Gasteiger partial charge in [0.25, 0.3) is 0 Å². The van der Waals surface area contributed by atoms with Crippen molar-refractivity contribution in [2.75, 3.05) is 13.1 Å². The van der Waals surface area contributed by atoms with Crippen LogP contribution in [0.4, 0.5) is 0 Å². The fourth-order valence-electron chi connectivity index (χ4n) is 2.71. The van der Waals surface area contributed by atoms with Crippen molar-refractivity contribution in [1.82, 2.24) is 10.2 Å². The van der Waals surface area contributed by atoms with Crippen molar-refractivity contribution in [2.45, 2.75) is 65.0 Å². The summed E-state index contributed by atoms with van der Waals surface area (Å²) >= 11 is 0. The van der Waals surface area contributed by atoms with E-state index in [0.29, 0.717) is 25.3 Å². The van der Waals surface area contributed by atoms with Crippen molar-refractivity contribution in [3.8, 4) is 0 Å². The zero-order valence-corrected chi connectivity index (χ0v) is 14.2. The van der Waals surface area contributed by atoms with Crippen LogP contribution in [0.3, 0.4) is 0 Å². The molecular formula is C15H30ClN3O2. The Bertz CT molecular complexity index is 335. The minimum Gasteiger partial charge on any atom is -0.356 e. The molecule has 21 heavy (non-hydrogen) atoms. The second-order valence-electron chi connectivity index (χ2n) is 6.21. The highest BCUT2D eigenvalue weighted by Gasteiger charge is 2.28. The van der Waals surface area contributed by atoms with E-state index in [0.717, 1.165) is 25.8 Å². The van der Waals surface area contributed by atoms with Gasteiger partial charge in [0, 0.05) is 38.0 Å². The van der Waals surface area contributed by atoms with Gasteiger partial charge < -0.3 is 16.0 Å². The van der Waals surface area contributed by atoms with Crippen molar-refractivity contribution < 1.29 is 9.59 Å². The molecule has 2 amide bonds. The molecule has 1 aliphatic heterocycles. The molecule has 0 aromatic carbocycles. The number of nitrogens with zero attached hydrogens (tertiary/aromatic N) is 1. The number of rotatable bonds is 6. The molecular weight excluding hydrogens is 290 g/mol. The van der Waals surface area contributed by atoms with Crippen molar-refractivity contribution in [3.63, 3.8) is 0 Å². The van der Waals surface area contributed by atoms with Gasteiger partial charge in [0.1, 0.15) is 0 Å². The third kappa shape index (κ3) is 7.14. The minimum atomic E-state index is 0. The first-order valence-corrected chi connectivity index (χ1v) is 7.73. The fourth-order valence-corrected chi connectivity index (χ4v) is 2.71. The number of carbonyl (C=O) groups excluding carboxylic acids is 2. The van der Waals surface area contributed by atoms with Crippen LogP contribution >= 0.6 is 12.4 Å². The smallest absolute Gasteiger partial charge is 0.224 e. The number of nitrogens with one attached hydrogen (secondary N) is 1. The van der Waals surface area contributed by atoms with Crippen molar-refractivity contribution >= 4 is 24.2 Å². The van der Waals surface area contributed by atoms with Gasteiger partial charge in [-0.2, -0.15) is 0 Å². The lowest BCUT2D eigenvalue weighted by Crippen LogP contribution is -2.52. The lowest BCUT2D eigenvalue weighted by molar-refractivity contribution is -0.135. The zero-order valence-electron chi connectivity index (χ0n) is 13.4. The van der Waals surface area contributed by atoms with Crippen molar-refractivity contribution in [2.24, 2.45) is 11.7 Å². The average Bonchev–Trinajstić information content (AvgIpc) is 2.37. The second-order valence-corrected chi connectivity index (χ2v) is 6.21. The minimum absolute atomic E-state index is 0. The van der Waals surface area contributed by atoms with E-state index in [1.54, 1.807) is 0 Å². The lowest BCUT2D eigenvalue weighted by Gasteiger charge is -2.38. The summed E-state index contributed by atoms with van der Waals surface area (Å²) in [7, 11) is 0. The molecule has 1 saturated heterocycles. The predicted octanol–water partition coefficient (Wildman–Crippen LogP) is 1.69. The third-order valence-corrected chi connectivity index (χ3v) is 3.73. The Morgan fingerprint density at radius 1 is 1.29 bits per heavy atom. The summed E-state index contributed by atoms with van der Waals surface area (Å²) < 4.78 is 0. The largest absolute Gasteiger partial charge is 0.356 e. The summed E-state index contributed by atoms with van der Waals surface area (Å²) in [6, 6.07) is 0.164. The number of halogens is 1. The van der Waals surface area contributed by atoms with Gasteiger partial charge in [-0.25, -0.2) is 0 Å². The summed E-state index contributed by atoms with van der Waals surface area (Å²) in [5, 5.41) is 2.81. The van der Waals surface area contributed by atoms with Crippen LogP contribution in [0.1, 0.15) is 52.9 Å². The van der Waals surface area contributed by atoms with Gasteiger partial charge >= 0.3 is 0 Å². The highest BCUT2D eigenvalue weighted by molar-refractivity contribution is 5.85. The molecule has 2 atom stereocenters. The first-order chi connectivity index (χ1) is 9.41. The van der Waals surface area contributed by atoms with Gasteiger partial charge in [-0.05, 0) is 32.1 Å². The molecule has 1 fully saturated rings. The van der Waals surface area contributed by atoms with E-state index in [9.17, 15) is 9.59 Å². The Labute approximate surface area is 134 Å². The average molecular weight is 320 g/mol. The molecule has 0 aliphatic carbocycles. The topological polar surface area (TPSA) is 75.4 Å². The van der Waals surface area contributed by atoms with Gasteiger partial charge in [0.15, 0.2) is 0 Å². The molecule has 0 aromatic heterocycles. The van der Waals surface area contributed by atoms with E-state index >= 15 is 0 Å². The Hall–Kier alpha value is -0.810. The molecule has 3 N–H and O–H groups in total. The maximum absolute atomic E-state index is 12.2. The lowest BCUT2D eigenvalue weighted by atomic mass is 9.96. The molecule has 1 rings (SSSR count).